The Bertz CT molecular complexity index is 713. The van der Waals surface area contributed by atoms with Crippen LogP contribution in [0.4, 0.5) is 0 Å². The fourth-order valence-corrected chi connectivity index (χ4v) is 5.66. The molecule has 5 rings (SSSR count). The van der Waals surface area contributed by atoms with E-state index in [2.05, 4.69) is 30.2 Å². The number of likely N-dealkylation sites (tertiary alicyclic amines) is 1. The minimum absolute atomic E-state index is 0.00722. The average molecular weight is 313 g/mol. The summed E-state index contributed by atoms with van der Waals surface area (Å²) in [6, 6.07) is 4.91. The van der Waals surface area contributed by atoms with Crippen molar-refractivity contribution in [1.82, 2.24) is 4.90 Å². The minimum Gasteiger partial charge on any atom is -0.497 e. The number of piperidine rings is 1. The molecule has 4 aliphatic rings. The Kier molecular flexibility index (Phi) is 2.65. The van der Waals surface area contributed by atoms with E-state index in [4.69, 9.17) is 14.2 Å². The van der Waals surface area contributed by atoms with E-state index < -0.39 is 0 Å². The highest BCUT2D eigenvalue weighted by molar-refractivity contribution is 5.62. The summed E-state index contributed by atoms with van der Waals surface area (Å²) in [4.78, 5) is 2.55. The van der Waals surface area contributed by atoms with Crippen LogP contribution in [0.15, 0.2) is 24.0 Å². The smallest absolute Gasteiger partial charge is 0.166 e. The zero-order valence-corrected chi connectivity index (χ0v) is 14.0. The van der Waals surface area contributed by atoms with Gasteiger partial charge in [0.15, 0.2) is 17.6 Å². The first-order chi connectivity index (χ1) is 11.2. The molecule has 4 heteroatoms. The van der Waals surface area contributed by atoms with E-state index in [0.717, 1.165) is 43.1 Å². The maximum atomic E-state index is 6.50. The maximum absolute atomic E-state index is 6.50. The van der Waals surface area contributed by atoms with Gasteiger partial charge in [0.2, 0.25) is 0 Å². The molecule has 1 spiro atoms. The van der Waals surface area contributed by atoms with Gasteiger partial charge >= 0.3 is 0 Å². The van der Waals surface area contributed by atoms with Gasteiger partial charge in [-0.1, -0.05) is 6.07 Å². The van der Waals surface area contributed by atoms with Gasteiger partial charge in [-0.3, -0.25) is 0 Å². The van der Waals surface area contributed by atoms with E-state index in [1.807, 2.05) is 0 Å². The molecule has 2 aliphatic carbocycles. The van der Waals surface area contributed by atoms with Gasteiger partial charge in [-0.15, -0.1) is 0 Å². The van der Waals surface area contributed by atoms with Crippen molar-refractivity contribution in [3.8, 4) is 11.5 Å². The molecule has 2 bridgehead atoms. The summed E-state index contributed by atoms with van der Waals surface area (Å²) < 4.78 is 17.8. The van der Waals surface area contributed by atoms with E-state index in [1.54, 1.807) is 14.2 Å². The van der Waals surface area contributed by atoms with Crippen LogP contribution in [0.2, 0.25) is 0 Å². The Morgan fingerprint density at radius 3 is 2.91 bits per heavy atom. The molecule has 0 N–H and O–H groups in total. The Morgan fingerprint density at radius 1 is 1.26 bits per heavy atom. The Morgan fingerprint density at radius 2 is 2.13 bits per heavy atom. The number of rotatable bonds is 2. The van der Waals surface area contributed by atoms with E-state index in [1.165, 1.54) is 11.1 Å². The normalized spacial score (nSPS) is 36.8. The van der Waals surface area contributed by atoms with Crippen LogP contribution in [0, 0.1) is 5.92 Å². The van der Waals surface area contributed by atoms with Gasteiger partial charge in [0, 0.05) is 17.0 Å². The topological polar surface area (TPSA) is 30.9 Å². The number of benzene rings is 1. The van der Waals surface area contributed by atoms with E-state index in [0.29, 0.717) is 12.0 Å². The van der Waals surface area contributed by atoms with Gasteiger partial charge in [-0.05, 0) is 56.5 Å². The van der Waals surface area contributed by atoms with Crippen molar-refractivity contribution in [2.45, 2.75) is 36.8 Å². The largest absolute Gasteiger partial charge is 0.497 e. The van der Waals surface area contributed by atoms with Crippen molar-refractivity contribution in [1.29, 1.82) is 0 Å². The number of likely N-dealkylation sites (N-methyl/N-ethyl adjacent to an activating group) is 1. The summed E-state index contributed by atoms with van der Waals surface area (Å²) in [7, 11) is 5.77. The van der Waals surface area contributed by atoms with E-state index in [-0.39, 0.29) is 11.5 Å². The summed E-state index contributed by atoms with van der Waals surface area (Å²) in [5, 5.41) is 0. The fourth-order valence-electron chi connectivity index (χ4n) is 5.66. The predicted molar refractivity (Wildman–Crippen MR) is 87.0 cm³/mol. The third-order valence-corrected chi connectivity index (χ3v) is 6.66. The lowest BCUT2D eigenvalue weighted by atomic mass is 9.53. The highest BCUT2D eigenvalue weighted by atomic mass is 16.6. The molecule has 23 heavy (non-hydrogen) atoms. The molecule has 3 unspecified atom stereocenters. The number of hydrogen-bond donors (Lipinski definition) is 0. The third-order valence-electron chi connectivity index (χ3n) is 6.66. The molecule has 0 aromatic heterocycles. The zero-order valence-electron chi connectivity index (χ0n) is 14.0. The van der Waals surface area contributed by atoms with Crippen LogP contribution in [0.3, 0.4) is 0 Å². The Balaban J connectivity index is 1.80. The molecular weight excluding hydrogens is 290 g/mol. The second-order valence-corrected chi connectivity index (χ2v) is 7.32. The molecule has 0 amide bonds. The molecule has 4 nitrogen and oxygen atoms in total. The van der Waals surface area contributed by atoms with E-state index >= 15 is 0 Å². The maximum Gasteiger partial charge on any atom is 0.166 e. The Hall–Kier alpha value is -1.68. The number of ether oxygens (including phenoxy) is 3. The van der Waals surface area contributed by atoms with Crippen LogP contribution in [0.1, 0.15) is 24.0 Å². The molecule has 1 fully saturated rings. The fraction of sp³-hybridized carbons (Fsp3) is 0.579. The highest BCUT2D eigenvalue weighted by Gasteiger charge is 2.64. The van der Waals surface area contributed by atoms with Crippen LogP contribution < -0.4 is 9.47 Å². The van der Waals surface area contributed by atoms with Gasteiger partial charge < -0.3 is 19.1 Å². The van der Waals surface area contributed by atoms with Crippen molar-refractivity contribution in [3.63, 3.8) is 0 Å². The second-order valence-electron chi connectivity index (χ2n) is 7.32. The predicted octanol–water partition coefficient (Wildman–Crippen LogP) is 2.50. The number of nitrogens with zero attached hydrogens (tertiary/aromatic N) is 1. The quantitative estimate of drug-likeness (QED) is 0.839. The first-order valence-electron chi connectivity index (χ1n) is 8.52. The lowest BCUT2D eigenvalue weighted by molar-refractivity contribution is -0.0267. The van der Waals surface area contributed by atoms with Crippen molar-refractivity contribution in [2.75, 3.05) is 27.8 Å². The van der Waals surface area contributed by atoms with Crippen LogP contribution in [0.25, 0.3) is 0 Å². The van der Waals surface area contributed by atoms with Crippen LogP contribution in [-0.2, 0) is 16.6 Å². The molecular formula is C19H23NO3. The van der Waals surface area contributed by atoms with Crippen molar-refractivity contribution >= 4 is 0 Å². The summed E-state index contributed by atoms with van der Waals surface area (Å²) in [5.41, 5.74) is 2.92. The lowest BCUT2D eigenvalue weighted by Gasteiger charge is -2.56. The highest BCUT2D eigenvalue weighted by Crippen LogP contribution is 2.63. The summed E-state index contributed by atoms with van der Waals surface area (Å²) in [6.07, 6.45) is 5.58. The molecule has 1 aromatic rings. The van der Waals surface area contributed by atoms with Crippen molar-refractivity contribution in [3.05, 3.63) is 35.1 Å². The number of allylic oxidation sites excluding steroid dienone is 1. The Labute approximate surface area is 137 Å². The molecule has 1 aromatic carbocycles. The minimum atomic E-state index is 0.00722. The number of hydrogen-bond acceptors (Lipinski definition) is 4. The van der Waals surface area contributed by atoms with Gasteiger partial charge in [0.25, 0.3) is 0 Å². The molecule has 4 atom stereocenters. The molecule has 2 heterocycles. The first-order valence-corrected chi connectivity index (χ1v) is 8.52. The summed E-state index contributed by atoms with van der Waals surface area (Å²) in [6.45, 7) is 1.12. The average Bonchev–Trinajstić information content (AvgIpc) is 2.92. The van der Waals surface area contributed by atoms with Gasteiger partial charge in [-0.2, -0.15) is 0 Å². The standard InChI is InChI=1S/C19H23NO3/c1-20-9-8-19-12-5-7-15(22-3)18(19)23-17-14(21-2)6-4-11(16(17)19)10-13(12)20/h4,6-7,12-13,18H,5,8-10H2,1-3H3/t12-,13?,18?,19?/m1/s1. The van der Waals surface area contributed by atoms with Crippen molar-refractivity contribution in [2.24, 2.45) is 5.92 Å². The summed E-state index contributed by atoms with van der Waals surface area (Å²) >= 11 is 0. The zero-order chi connectivity index (χ0) is 15.8. The van der Waals surface area contributed by atoms with Crippen LogP contribution >= 0.6 is 0 Å². The monoisotopic (exact) mass is 313 g/mol. The SMILES string of the molecule is COC1=CC[C@@H]2C3Cc4ccc(OC)c5c4C2(CCN3C)C1O5. The van der Waals surface area contributed by atoms with Crippen LogP contribution in [-0.4, -0.2) is 44.9 Å². The number of methoxy groups -OCH3 is 2. The van der Waals surface area contributed by atoms with Crippen molar-refractivity contribution < 1.29 is 14.2 Å². The first kappa shape index (κ1) is 13.7. The van der Waals surface area contributed by atoms with Gasteiger partial charge in [0.1, 0.15) is 5.76 Å². The van der Waals surface area contributed by atoms with Gasteiger partial charge in [0.05, 0.1) is 14.2 Å². The molecule has 122 valence electrons. The lowest BCUT2D eigenvalue weighted by Crippen LogP contribution is -2.63. The van der Waals surface area contributed by atoms with E-state index in [9.17, 15) is 0 Å². The molecule has 0 radical (unpaired) electrons. The summed E-state index contributed by atoms with van der Waals surface area (Å²) in [5.74, 6) is 3.42. The van der Waals surface area contributed by atoms with Crippen LogP contribution in [0.5, 0.6) is 11.5 Å². The van der Waals surface area contributed by atoms with Gasteiger partial charge in [-0.25, -0.2) is 0 Å². The molecule has 2 aliphatic heterocycles. The third kappa shape index (κ3) is 1.46. The molecule has 1 saturated heterocycles. The second kappa shape index (κ2) is 4.44. The molecule has 0 saturated carbocycles.